The van der Waals surface area contributed by atoms with E-state index < -0.39 is 5.79 Å². The Hall–Kier alpha value is -0.950. The van der Waals surface area contributed by atoms with Gasteiger partial charge in [0.1, 0.15) is 0 Å². The van der Waals surface area contributed by atoms with Crippen molar-refractivity contribution in [1.82, 2.24) is 4.90 Å². The Balaban J connectivity index is 1.69. The maximum atomic E-state index is 13.2. The first kappa shape index (κ1) is 15.6. The molecule has 6 heteroatoms. The van der Waals surface area contributed by atoms with Gasteiger partial charge in [-0.2, -0.15) is 0 Å². The lowest BCUT2D eigenvalue weighted by atomic mass is 10.1. The Morgan fingerprint density at radius 3 is 2.57 bits per heavy atom. The molecule has 0 bridgehead atoms. The number of hydrogen-bond acceptors (Lipinski definition) is 4. The van der Waals surface area contributed by atoms with Crippen LogP contribution in [0.5, 0.6) is 0 Å². The minimum absolute atomic E-state index is 0.0872. The summed E-state index contributed by atoms with van der Waals surface area (Å²) in [5.74, 6) is -1.33. The zero-order valence-electron chi connectivity index (χ0n) is 13.1. The van der Waals surface area contributed by atoms with E-state index in [2.05, 4.69) is 20.8 Å². The van der Waals surface area contributed by atoms with E-state index in [-0.39, 0.29) is 5.91 Å². The van der Waals surface area contributed by atoms with E-state index in [9.17, 15) is 4.79 Å². The van der Waals surface area contributed by atoms with Crippen molar-refractivity contribution in [1.29, 1.82) is 0 Å². The summed E-state index contributed by atoms with van der Waals surface area (Å²) in [6.45, 7) is 3.81. The first-order valence-corrected chi connectivity index (χ1v) is 9.12. The van der Waals surface area contributed by atoms with Crippen LogP contribution >= 0.6 is 15.9 Å². The average molecular weight is 381 g/mol. The van der Waals surface area contributed by atoms with Crippen LogP contribution in [0.1, 0.15) is 31.2 Å². The highest BCUT2D eigenvalue weighted by Gasteiger charge is 2.55. The van der Waals surface area contributed by atoms with Crippen LogP contribution < -0.4 is 4.90 Å². The molecule has 1 aromatic rings. The van der Waals surface area contributed by atoms with Gasteiger partial charge in [0.15, 0.2) is 0 Å². The van der Waals surface area contributed by atoms with Gasteiger partial charge in [-0.1, -0.05) is 22.4 Å². The number of carbonyl (C=O) groups is 1. The minimum Gasteiger partial charge on any atom is -0.338 e. The molecule has 0 atom stereocenters. The third kappa shape index (κ3) is 2.61. The van der Waals surface area contributed by atoms with Gasteiger partial charge >= 0.3 is 0 Å². The van der Waals surface area contributed by atoms with E-state index in [0.717, 1.165) is 35.2 Å². The summed E-state index contributed by atoms with van der Waals surface area (Å²) in [6.07, 6.45) is 4.51. The Kier molecular flexibility index (Phi) is 4.17. The van der Waals surface area contributed by atoms with Gasteiger partial charge in [-0.15, -0.1) is 0 Å². The van der Waals surface area contributed by atoms with Gasteiger partial charge in [0.2, 0.25) is 0 Å². The molecule has 4 rings (SSSR count). The Morgan fingerprint density at radius 2 is 1.83 bits per heavy atom. The van der Waals surface area contributed by atoms with Gasteiger partial charge in [-0.25, -0.2) is 0 Å². The lowest BCUT2D eigenvalue weighted by Gasteiger charge is -2.34. The number of fused-ring (bicyclic) bond motifs is 2. The first-order chi connectivity index (χ1) is 11.2. The number of hydrogen-bond donors (Lipinski definition) is 0. The molecule has 0 N–H and O–H groups in total. The summed E-state index contributed by atoms with van der Waals surface area (Å²) in [5.41, 5.74) is 1.74. The van der Waals surface area contributed by atoms with Crippen molar-refractivity contribution in [2.24, 2.45) is 0 Å². The Labute approximate surface area is 144 Å². The number of rotatable bonds is 2. The number of piperidine rings is 1. The summed E-state index contributed by atoms with van der Waals surface area (Å²) in [4.78, 5) is 17.3. The van der Waals surface area contributed by atoms with Gasteiger partial charge in [0.25, 0.3) is 11.7 Å². The molecule has 0 aliphatic carbocycles. The highest BCUT2D eigenvalue weighted by molar-refractivity contribution is 9.10. The van der Waals surface area contributed by atoms with Gasteiger partial charge < -0.3 is 9.47 Å². The maximum absolute atomic E-state index is 13.2. The van der Waals surface area contributed by atoms with Crippen molar-refractivity contribution in [3.63, 3.8) is 0 Å². The fraction of sp³-hybridized carbons (Fsp3) is 0.588. The summed E-state index contributed by atoms with van der Waals surface area (Å²) in [7, 11) is 0. The predicted octanol–water partition coefficient (Wildman–Crippen LogP) is 2.83. The van der Waals surface area contributed by atoms with Crippen LogP contribution in [0.4, 0.5) is 5.69 Å². The monoisotopic (exact) mass is 380 g/mol. The molecule has 1 aromatic carbocycles. The highest BCUT2D eigenvalue weighted by atomic mass is 79.9. The molecule has 3 aliphatic rings. The average Bonchev–Trinajstić information content (AvgIpc) is 2.79. The standard InChI is InChI=1S/C17H21BrN2O3/c18-13-5-6-15-14(11-13)17(22-9-4-10-23-17)16(21)20(15)12-19-7-2-1-3-8-19/h5-6,11H,1-4,7-10,12H2. The van der Waals surface area contributed by atoms with Crippen LogP contribution in [0.15, 0.2) is 22.7 Å². The van der Waals surface area contributed by atoms with E-state index in [4.69, 9.17) is 9.47 Å². The number of anilines is 1. The molecule has 3 heterocycles. The molecule has 5 nitrogen and oxygen atoms in total. The van der Waals surface area contributed by atoms with Gasteiger partial charge in [0.05, 0.1) is 25.6 Å². The van der Waals surface area contributed by atoms with Crippen LogP contribution in [0.2, 0.25) is 0 Å². The zero-order valence-corrected chi connectivity index (χ0v) is 14.7. The molecule has 1 spiro atoms. The molecule has 0 unspecified atom stereocenters. The van der Waals surface area contributed by atoms with Crippen LogP contribution in [0.3, 0.4) is 0 Å². The lowest BCUT2D eigenvalue weighted by Crippen LogP contribution is -2.50. The molecule has 0 aromatic heterocycles. The lowest BCUT2D eigenvalue weighted by molar-refractivity contribution is -0.257. The van der Waals surface area contributed by atoms with E-state index in [1.165, 1.54) is 19.3 Å². The highest BCUT2D eigenvalue weighted by Crippen LogP contribution is 2.46. The number of nitrogens with zero attached hydrogens (tertiary/aromatic N) is 2. The molecular formula is C17H21BrN2O3. The van der Waals surface area contributed by atoms with Crippen molar-refractivity contribution < 1.29 is 14.3 Å². The molecule has 23 heavy (non-hydrogen) atoms. The second-order valence-electron chi connectivity index (χ2n) is 6.38. The molecule has 2 saturated heterocycles. The van der Waals surface area contributed by atoms with Gasteiger partial charge in [-0.3, -0.25) is 14.6 Å². The first-order valence-electron chi connectivity index (χ1n) is 8.33. The minimum atomic E-state index is -1.24. The maximum Gasteiger partial charge on any atom is 0.293 e. The summed E-state index contributed by atoms with van der Waals surface area (Å²) in [5, 5.41) is 0. The van der Waals surface area contributed by atoms with Crippen LogP contribution in [0, 0.1) is 0 Å². The Morgan fingerprint density at radius 1 is 1.09 bits per heavy atom. The number of halogens is 1. The van der Waals surface area contributed by atoms with Crippen molar-refractivity contribution in [3.8, 4) is 0 Å². The molecule has 3 aliphatic heterocycles. The molecular weight excluding hydrogens is 360 g/mol. The second-order valence-corrected chi connectivity index (χ2v) is 7.30. The van der Waals surface area contributed by atoms with Crippen molar-refractivity contribution in [3.05, 3.63) is 28.2 Å². The largest absolute Gasteiger partial charge is 0.338 e. The van der Waals surface area contributed by atoms with E-state index in [0.29, 0.717) is 19.9 Å². The Bertz CT molecular complexity index is 610. The van der Waals surface area contributed by atoms with Crippen LogP contribution in [-0.4, -0.2) is 43.8 Å². The van der Waals surface area contributed by atoms with E-state index >= 15 is 0 Å². The fourth-order valence-corrected chi connectivity index (χ4v) is 4.02. The molecule has 1 amide bonds. The van der Waals surface area contributed by atoms with Crippen LogP contribution in [0.25, 0.3) is 0 Å². The summed E-state index contributed by atoms with van der Waals surface area (Å²) < 4.78 is 12.7. The zero-order chi connectivity index (χ0) is 15.9. The number of carbonyl (C=O) groups excluding carboxylic acids is 1. The third-order valence-electron chi connectivity index (χ3n) is 4.82. The number of benzene rings is 1. The SMILES string of the molecule is O=C1N(CN2CCCCC2)c2ccc(Br)cc2C12OCCCO2. The number of likely N-dealkylation sites (tertiary alicyclic amines) is 1. The molecule has 0 saturated carbocycles. The van der Waals surface area contributed by atoms with Gasteiger partial charge in [0, 0.05) is 10.0 Å². The summed E-state index contributed by atoms with van der Waals surface area (Å²) >= 11 is 3.50. The smallest absolute Gasteiger partial charge is 0.293 e. The molecule has 2 fully saturated rings. The number of amides is 1. The molecule has 124 valence electrons. The normalized spacial score (nSPS) is 24.2. The third-order valence-corrected chi connectivity index (χ3v) is 5.31. The predicted molar refractivity (Wildman–Crippen MR) is 90.1 cm³/mol. The van der Waals surface area contributed by atoms with E-state index in [1.807, 2.05) is 23.1 Å². The summed E-state index contributed by atoms with van der Waals surface area (Å²) in [6, 6.07) is 5.91. The van der Waals surface area contributed by atoms with Gasteiger partial charge in [-0.05, 0) is 50.6 Å². The molecule has 0 radical (unpaired) electrons. The van der Waals surface area contributed by atoms with Crippen molar-refractivity contribution >= 4 is 27.5 Å². The van der Waals surface area contributed by atoms with Crippen LogP contribution in [-0.2, 0) is 20.1 Å². The second kappa shape index (κ2) is 6.16. The van der Waals surface area contributed by atoms with E-state index in [1.54, 1.807) is 0 Å². The van der Waals surface area contributed by atoms with Crippen molar-refractivity contribution in [2.75, 3.05) is 37.9 Å². The fourth-order valence-electron chi connectivity index (χ4n) is 3.66. The quantitative estimate of drug-likeness (QED) is 0.790. The van der Waals surface area contributed by atoms with Crippen molar-refractivity contribution in [2.45, 2.75) is 31.5 Å². The topological polar surface area (TPSA) is 42.0 Å². The number of ether oxygens (including phenoxy) is 2.